The summed E-state index contributed by atoms with van der Waals surface area (Å²) in [5.41, 5.74) is 1.53. The molecule has 4 heteroatoms. The molecule has 1 atom stereocenters. The second-order valence-electron chi connectivity index (χ2n) is 5.42. The summed E-state index contributed by atoms with van der Waals surface area (Å²) in [6.07, 6.45) is 3.33. The van der Waals surface area contributed by atoms with E-state index in [1.807, 2.05) is 23.9 Å². The maximum absolute atomic E-state index is 5.16. The minimum Gasteiger partial charge on any atom is -0.497 e. The Balaban J connectivity index is 1.86. The van der Waals surface area contributed by atoms with Crippen molar-refractivity contribution in [2.75, 3.05) is 19.4 Å². The van der Waals surface area contributed by atoms with Gasteiger partial charge in [-0.15, -0.1) is 0 Å². The Labute approximate surface area is 126 Å². The zero-order valence-electron chi connectivity index (χ0n) is 12.6. The Hall–Kier alpha value is -1.16. The first-order valence-corrected chi connectivity index (χ1v) is 8.22. The van der Waals surface area contributed by atoms with E-state index in [-0.39, 0.29) is 5.54 Å². The molecule has 1 aliphatic rings. The molecule has 110 valence electrons. The van der Waals surface area contributed by atoms with Crippen molar-refractivity contribution in [2.24, 2.45) is 4.99 Å². The van der Waals surface area contributed by atoms with Crippen LogP contribution in [0.4, 0.5) is 0 Å². The molecule has 1 heterocycles. The summed E-state index contributed by atoms with van der Waals surface area (Å²) in [7, 11) is 1.69. The summed E-state index contributed by atoms with van der Waals surface area (Å²) in [5, 5.41) is 4.68. The van der Waals surface area contributed by atoms with E-state index >= 15 is 0 Å². The quantitative estimate of drug-likeness (QED) is 0.902. The van der Waals surface area contributed by atoms with Gasteiger partial charge in [-0.2, -0.15) is 0 Å². The number of thioether (sulfide) groups is 1. The predicted octanol–water partition coefficient (Wildman–Crippen LogP) is 3.49. The lowest BCUT2D eigenvalue weighted by molar-refractivity contribution is 0.390. The standard InChI is InChI=1S/C16H24N2OS/c1-4-16(2)10-12-20-15(18-16)17-11-9-13-5-7-14(19-3)8-6-13/h5-8H,4,9-12H2,1-3H3,(H,17,18). The second kappa shape index (κ2) is 7.02. The summed E-state index contributed by atoms with van der Waals surface area (Å²) in [4.78, 5) is 4.70. The minimum atomic E-state index is 0.226. The molecule has 1 fully saturated rings. The van der Waals surface area contributed by atoms with Gasteiger partial charge < -0.3 is 10.1 Å². The molecular weight excluding hydrogens is 268 g/mol. The number of methoxy groups -OCH3 is 1. The molecule has 1 aliphatic heterocycles. The van der Waals surface area contributed by atoms with Crippen LogP contribution in [0, 0.1) is 0 Å². The zero-order chi connectivity index (χ0) is 14.4. The van der Waals surface area contributed by atoms with E-state index in [0.29, 0.717) is 0 Å². The summed E-state index contributed by atoms with van der Waals surface area (Å²) >= 11 is 1.84. The van der Waals surface area contributed by atoms with Crippen LogP contribution in [0.25, 0.3) is 0 Å². The first-order valence-electron chi connectivity index (χ1n) is 7.23. The van der Waals surface area contributed by atoms with Crippen LogP contribution in [-0.2, 0) is 6.42 Å². The number of benzene rings is 1. The van der Waals surface area contributed by atoms with Gasteiger partial charge in [0.1, 0.15) is 5.75 Å². The van der Waals surface area contributed by atoms with Gasteiger partial charge >= 0.3 is 0 Å². The molecule has 1 aromatic carbocycles. The van der Waals surface area contributed by atoms with Crippen LogP contribution >= 0.6 is 11.8 Å². The number of nitrogens with zero attached hydrogens (tertiary/aromatic N) is 1. The van der Waals surface area contributed by atoms with Crippen LogP contribution in [0.2, 0.25) is 0 Å². The summed E-state index contributed by atoms with van der Waals surface area (Å²) in [6, 6.07) is 8.22. The highest BCUT2D eigenvalue weighted by Gasteiger charge is 2.27. The maximum Gasteiger partial charge on any atom is 0.156 e. The van der Waals surface area contributed by atoms with Crippen LogP contribution < -0.4 is 10.1 Å². The van der Waals surface area contributed by atoms with Crippen molar-refractivity contribution in [3.05, 3.63) is 29.8 Å². The Kier molecular flexibility index (Phi) is 5.35. The van der Waals surface area contributed by atoms with Gasteiger partial charge in [0, 0.05) is 17.8 Å². The Morgan fingerprint density at radius 3 is 2.75 bits per heavy atom. The molecule has 2 rings (SSSR count). The third kappa shape index (κ3) is 4.17. The molecular formula is C16H24N2OS. The number of hydrogen-bond donors (Lipinski definition) is 1. The van der Waals surface area contributed by atoms with Gasteiger partial charge in [-0.25, -0.2) is 0 Å². The molecule has 0 amide bonds. The van der Waals surface area contributed by atoms with Gasteiger partial charge in [0.25, 0.3) is 0 Å². The largest absolute Gasteiger partial charge is 0.497 e. The smallest absolute Gasteiger partial charge is 0.156 e. The molecule has 1 aromatic rings. The summed E-state index contributed by atoms with van der Waals surface area (Å²) in [6.45, 7) is 5.35. The average Bonchev–Trinajstić information content (AvgIpc) is 2.48. The third-order valence-electron chi connectivity index (χ3n) is 3.90. The molecule has 1 unspecified atom stereocenters. The molecule has 0 aromatic heterocycles. The van der Waals surface area contributed by atoms with Gasteiger partial charge in [0.2, 0.25) is 0 Å². The van der Waals surface area contributed by atoms with Gasteiger partial charge in [-0.3, -0.25) is 4.99 Å². The zero-order valence-corrected chi connectivity index (χ0v) is 13.4. The van der Waals surface area contributed by atoms with Crippen molar-refractivity contribution in [1.29, 1.82) is 0 Å². The molecule has 0 bridgehead atoms. The van der Waals surface area contributed by atoms with Crippen LogP contribution in [0.5, 0.6) is 5.75 Å². The Morgan fingerprint density at radius 1 is 1.35 bits per heavy atom. The van der Waals surface area contributed by atoms with Gasteiger partial charge in [0.05, 0.1) is 7.11 Å². The number of amidine groups is 1. The van der Waals surface area contributed by atoms with Crippen molar-refractivity contribution in [3.63, 3.8) is 0 Å². The lowest BCUT2D eigenvalue weighted by Gasteiger charge is -2.35. The average molecular weight is 292 g/mol. The van der Waals surface area contributed by atoms with Crippen molar-refractivity contribution in [2.45, 2.75) is 38.6 Å². The van der Waals surface area contributed by atoms with Crippen LogP contribution in [0.15, 0.2) is 29.3 Å². The first-order chi connectivity index (χ1) is 9.65. The van der Waals surface area contributed by atoms with Gasteiger partial charge in [-0.1, -0.05) is 30.8 Å². The topological polar surface area (TPSA) is 33.6 Å². The third-order valence-corrected chi connectivity index (χ3v) is 4.81. The van der Waals surface area contributed by atoms with Crippen molar-refractivity contribution < 1.29 is 4.74 Å². The summed E-state index contributed by atoms with van der Waals surface area (Å²) < 4.78 is 5.16. The molecule has 3 nitrogen and oxygen atoms in total. The fourth-order valence-corrected chi connectivity index (χ4v) is 3.41. The summed E-state index contributed by atoms with van der Waals surface area (Å²) in [5.74, 6) is 2.07. The van der Waals surface area contributed by atoms with E-state index in [9.17, 15) is 0 Å². The molecule has 1 N–H and O–H groups in total. The fraction of sp³-hybridized carbons (Fsp3) is 0.562. The first kappa shape index (κ1) is 15.2. The Morgan fingerprint density at radius 2 is 2.10 bits per heavy atom. The lowest BCUT2D eigenvalue weighted by Crippen LogP contribution is -2.48. The monoisotopic (exact) mass is 292 g/mol. The predicted molar refractivity (Wildman–Crippen MR) is 87.9 cm³/mol. The van der Waals surface area contributed by atoms with E-state index in [1.54, 1.807) is 7.11 Å². The van der Waals surface area contributed by atoms with Crippen LogP contribution in [0.3, 0.4) is 0 Å². The van der Waals surface area contributed by atoms with E-state index in [0.717, 1.165) is 30.3 Å². The van der Waals surface area contributed by atoms with E-state index in [2.05, 4.69) is 31.3 Å². The number of aliphatic imine (C=N–C) groups is 1. The number of rotatable bonds is 5. The number of hydrogen-bond acceptors (Lipinski definition) is 3. The SMILES string of the molecule is CCC1(C)CCSC(=NCCc2ccc(OC)cc2)N1. The Bertz CT molecular complexity index is 458. The maximum atomic E-state index is 5.16. The van der Waals surface area contributed by atoms with E-state index in [4.69, 9.17) is 9.73 Å². The molecule has 0 radical (unpaired) electrons. The van der Waals surface area contributed by atoms with E-state index in [1.165, 1.54) is 17.7 Å². The van der Waals surface area contributed by atoms with E-state index < -0.39 is 0 Å². The van der Waals surface area contributed by atoms with Gasteiger partial charge in [-0.05, 0) is 43.9 Å². The van der Waals surface area contributed by atoms with Gasteiger partial charge in [0.15, 0.2) is 5.17 Å². The highest BCUT2D eigenvalue weighted by atomic mass is 32.2. The number of ether oxygens (including phenoxy) is 1. The minimum absolute atomic E-state index is 0.226. The van der Waals surface area contributed by atoms with Crippen molar-refractivity contribution in [3.8, 4) is 5.75 Å². The second-order valence-corrected chi connectivity index (χ2v) is 6.51. The lowest BCUT2D eigenvalue weighted by atomic mass is 9.96. The van der Waals surface area contributed by atoms with Crippen LogP contribution in [0.1, 0.15) is 32.3 Å². The number of nitrogens with one attached hydrogen (secondary N) is 1. The molecule has 1 saturated heterocycles. The molecule has 0 saturated carbocycles. The molecule has 0 aliphatic carbocycles. The normalized spacial score (nSPS) is 24.4. The van der Waals surface area contributed by atoms with Crippen molar-refractivity contribution >= 4 is 16.9 Å². The van der Waals surface area contributed by atoms with Crippen molar-refractivity contribution in [1.82, 2.24) is 5.32 Å². The highest BCUT2D eigenvalue weighted by molar-refractivity contribution is 8.13. The van der Waals surface area contributed by atoms with Crippen LogP contribution in [-0.4, -0.2) is 30.1 Å². The fourth-order valence-electron chi connectivity index (χ4n) is 2.16. The highest BCUT2D eigenvalue weighted by Crippen LogP contribution is 2.24. The molecule has 0 spiro atoms. The molecule has 20 heavy (non-hydrogen) atoms.